The molecule has 8 heteroatoms. The molecule has 0 spiro atoms. The van der Waals surface area contributed by atoms with Crippen LogP contribution in [0.4, 0.5) is 0 Å². The van der Waals surface area contributed by atoms with Crippen molar-refractivity contribution in [1.82, 2.24) is 15.5 Å². The zero-order valence-corrected chi connectivity index (χ0v) is 19.7. The van der Waals surface area contributed by atoms with Crippen molar-refractivity contribution in [3.8, 4) is 0 Å². The summed E-state index contributed by atoms with van der Waals surface area (Å²) in [6.07, 6.45) is 3.08. The van der Waals surface area contributed by atoms with E-state index in [1.54, 1.807) is 26.2 Å². The molecule has 0 radical (unpaired) electrons. The van der Waals surface area contributed by atoms with Crippen molar-refractivity contribution in [3.63, 3.8) is 0 Å². The first-order chi connectivity index (χ1) is 14.2. The molecule has 2 N–H and O–H groups in total. The fourth-order valence-corrected chi connectivity index (χ4v) is 5.40. The van der Waals surface area contributed by atoms with Crippen LogP contribution in [0.15, 0.2) is 28.1 Å². The summed E-state index contributed by atoms with van der Waals surface area (Å²) in [5, 5.41) is 6.05. The fraction of sp³-hybridized carbons (Fsp3) is 0.636. The number of hydrogen-bond acceptors (Lipinski definition) is 4. The number of aryl methyl sites for hydroxylation is 2. The van der Waals surface area contributed by atoms with Crippen LogP contribution >= 0.6 is 0 Å². The minimum atomic E-state index is -3.40. The van der Waals surface area contributed by atoms with Crippen LogP contribution in [0.3, 0.4) is 0 Å². The molecular formula is C22H36N4O3S. The lowest BCUT2D eigenvalue weighted by Crippen LogP contribution is -2.50. The fourth-order valence-electron chi connectivity index (χ4n) is 3.72. The highest BCUT2D eigenvalue weighted by Gasteiger charge is 2.26. The number of nitrogens with one attached hydrogen (secondary N) is 2. The van der Waals surface area contributed by atoms with E-state index in [0.29, 0.717) is 23.7 Å². The molecule has 0 aromatic heterocycles. The third-order valence-electron chi connectivity index (χ3n) is 5.96. The van der Waals surface area contributed by atoms with E-state index in [4.69, 9.17) is 0 Å². The monoisotopic (exact) mass is 436 g/mol. The van der Waals surface area contributed by atoms with E-state index in [1.807, 2.05) is 26.8 Å². The van der Waals surface area contributed by atoms with E-state index in [2.05, 4.69) is 20.5 Å². The Morgan fingerprint density at radius 2 is 1.90 bits per heavy atom. The smallest absolute Gasteiger partial charge is 0.220 e. The van der Waals surface area contributed by atoms with Gasteiger partial charge in [-0.2, -0.15) is 0 Å². The molecule has 7 nitrogen and oxygen atoms in total. The Morgan fingerprint density at radius 3 is 2.43 bits per heavy atom. The van der Waals surface area contributed by atoms with Gasteiger partial charge in [0.2, 0.25) is 5.91 Å². The summed E-state index contributed by atoms with van der Waals surface area (Å²) in [5.41, 5.74) is 2.06. The van der Waals surface area contributed by atoms with Gasteiger partial charge >= 0.3 is 0 Å². The molecule has 0 aliphatic carbocycles. The van der Waals surface area contributed by atoms with Crippen LogP contribution < -0.4 is 10.6 Å². The maximum absolute atomic E-state index is 13.0. The van der Waals surface area contributed by atoms with Gasteiger partial charge in [0.25, 0.3) is 0 Å². The Bertz CT molecular complexity index is 859. The van der Waals surface area contributed by atoms with Gasteiger partial charge in [0.05, 0.1) is 10.6 Å². The van der Waals surface area contributed by atoms with Crippen molar-refractivity contribution < 1.29 is 13.2 Å². The number of nitrogens with zero attached hydrogens (tertiary/aromatic N) is 2. The van der Waals surface area contributed by atoms with Gasteiger partial charge in [-0.3, -0.25) is 9.79 Å². The molecule has 1 saturated heterocycles. The van der Waals surface area contributed by atoms with E-state index >= 15 is 0 Å². The zero-order chi connectivity index (χ0) is 22.3. The van der Waals surface area contributed by atoms with Gasteiger partial charge in [0, 0.05) is 39.6 Å². The Kier molecular flexibility index (Phi) is 8.70. The number of carbonyl (C=O) groups excluding carboxylic acids is 1. The van der Waals surface area contributed by atoms with E-state index in [-0.39, 0.29) is 17.7 Å². The van der Waals surface area contributed by atoms with Crippen LogP contribution in [0.25, 0.3) is 0 Å². The maximum Gasteiger partial charge on any atom is 0.220 e. The molecule has 168 valence electrons. The number of amides is 1. The minimum Gasteiger partial charge on any atom is -0.359 e. The maximum atomic E-state index is 13.0. The Morgan fingerprint density at radius 1 is 1.23 bits per heavy atom. The van der Waals surface area contributed by atoms with Gasteiger partial charge < -0.3 is 15.5 Å². The average molecular weight is 437 g/mol. The summed E-state index contributed by atoms with van der Waals surface area (Å²) in [7, 11) is -0.00861. The molecule has 0 saturated carbocycles. The Hall–Kier alpha value is -2.09. The number of benzene rings is 1. The van der Waals surface area contributed by atoms with Crippen molar-refractivity contribution >= 4 is 21.7 Å². The van der Waals surface area contributed by atoms with Crippen LogP contribution in [0, 0.1) is 19.8 Å². The molecule has 1 heterocycles. The SMILES string of the molecule is CCC(CS(=O)(=O)c1ccc(C)c(C)c1)NC(=NC)N1CCC(CC(=O)NC)CC1. The highest BCUT2D eigenvalue weighted by atomic mass is 32.2. The molecule has 2 rings (SSSR count). The molecule has 1 fully saturated rings. The first-order valence-electron chi connectivity index (χ1n) is 10.7. The molecular weight excluding hydrogens is 400 g/mol. The molecule has 30 heavy (non-hydrogen) atoms. The summed E-state index contributed by atoms with van der Waals surface area (Å²) in [6, 6.07) is 5.08. The predicted octanol–water partition coefficient (Wildman–Crippen LogP) is 2.28. The lowest BCUT2D eigenvalue weighted by atomic mass is 9.93. The second-order valence-electron chi connectivity index (χ2n) is 8.13. The topological polar surface area (TPSA) is 90.9 Å². The van der Waals surface area contributed by atoms with E-state index < -0.39 is 9.84 Å². The largest absolute Gasteiger partial charge is 0.359 e. The van der Waals surface area contributed by atoms with Crippen LogP contribution in [0.5, 0.6) is 0 Å². The molecule has 0 bridgehead atoms. The van der Waals surface area contributed by atoms with Gasteiger partial charge in [0.15, 0.2) is 15.8 Å². The molecule has 1 amide bonds. The first kappa shape index (κ1) is 24.2. The van der Waals surface area contributed by atoms with Gasteiger partial charge in [-0.05, 0) is 62.3 Å². The Balaban J connectivity index is 2.00. The number of likely N-dealkylation sites (tertiary alicyclic amines) is 1. The predicted molar refractivity (Wildman–Crippen MR) is 122 cm³/mol. The zero-order valence-electron chi connectivity index (χ0n) is 18.9. The average Bonchev–Trinajstić information content (AvgIpc) is 2.73. The second kappa shape index (κ2) is 10.8. The Labute approximate surface area is 181 Å². The lowest BCUT2D eigenvalue weighted by molar-refractivity contribution is -0.121. The summed E-state index contributed by atoms with van der Waals surface area (Å²) in [6.45, 7) is 7.50. The van der Waals surface area contributed by atoms with Crippen molar-refractivity contribution in [2.45, 2.75) is 57.4 Å². The standard InChI is InChI=1S/C22H36N4O3S/c1-6-19(15-30(28,29)20-8-7-16(2)17(3)13-20)25-22(24-5)26-11-9-18(10-12-26)14-21(27)23-4/h7-8,13,18-19H,6,9-12,14-15H2,1-5H3,(H,23,27)(H,24,25). The number of hydrogen-bond donors (Lipinski definition) is 2. The van der Waals surface area contributed by atoms with Crippen LogP contribution in [-0.2, 0) is 14.6 Å². The van der Waals surface area contributed by atoms with E-state index in [0.717, 1.165) is 43.0 Å². The van der Waals surface area contributed by atoms with Gasteiger partial charge in [0.1, 0.15) is 0 Å². The molecule has 1 aliphatic heterocycles. The van der Waals surface area contributed by atoms with Crippen molar-refractivity contribution in [2.75, 3.05) is 32.9 Å². The molecule has 1 atom stereocenters. The highest BCUT2D eigenvalue weighted by Crippen LogP contribution is 2.21. The number of piperidine rings is 1. The van der Waals surface area contributed by atoms with Crippen LogP contribution in [0.2, 0.25) is 0 Å². The third kappa shape index (κ3) is 6.45. The first-order valence-corrected chi connectivity index (χ1v) is 12.3. The number of carbonyl (C=O) groups is 1. The quantitative estimate of drug-likeness (QED) is 0.505. The van der Waals surface area contributed by atoms with Crippen molar-refractivity contribution in [3.05, 3.63) is 29.3 Å². The van der Waals surface area contributed by atoms with Gasteiger partial charge in [-0.25, -0.2) is 8.42 Å². The summed E-state index contributed by atoms with van der Waals surface area (Å²) in [4.78, 5) is 18.5. The number of sulfone groups is 1. The summed E-state index contributed by atoms with van der Waals surface area (Å²) < 4.78 is 25.9. The van der Waals surface area contributed by atoms with Crippen LogP contribution in [0.1, 0.15) is 43.7 Å². The molecule has 1 unspecified atom stereocenters. The third-order valence-corrected chi connectivity index (χ3v) is 7.78. The second-order valence-corrected chi connectivity index (χ2v) is 10.2. The van der Waals surface area contributed by atoms with Crippen molar-refractivity contribution in [2.24, 2.45) is 10.9 Å². The number of guanidine groups is 1. The van der Waals surface area contributed by atoms with Gasteiger partial charge in [-0.1, -0.05) is 13.0 Å². The lowest BCUT2D eigenvalue weighted by Gasteiger charge is -2.35. The normalized spacial score (nSPS) is 17.0. The summed E-state index contributed by atoms with van der Waals surface area (Å²) in [5.74, 6) is 1.22. The number of aliphatic imine (C=N–C) groups is 1. The molecule has 1 aromatic rings. The summed E-state index contributed by atoms with van der Waals surface area (Å²) >= 11 is 0. The highest BCUT2D eigenvalue weighted by molar-refractivity contribution is 7.91. The van der Waals surface area contributed by atoms with E-state index in [1.165, 1.54) is 0 Å². The number of rotatable bonds is 7. The van der Waals surface area contributed by atoms with E-state index in [9.17, 15) is 13.2 Å². The molecule has 1 aromatic carbocycles. The van der Waals surface area contributed by atoms with Crippen LogP contribution in [-0.4, -0.2) is 64.2 Å². The minimum absolute atomic E-state index is 0.0259. The molecule has 1 aliphatic rings. The van der Waals surface area contributed by atoms with Crippen molar-refractivity contribution in [1.29, 1.82) is 0 Å². The van der Waals surface area contributed by atoms with Gasteiger partial charge in [-0.15, -0.1) is 0 Å².